The van der Waals surface area contributed by atoms with Crippen LogP contribution < -0.4 is 0 Å². The molecule has 0 amide bonds. The molecule has 1 fully saturated rings. The topological polar surface area (TPSA) is 29.5 Å². The second-order valence-corrected chi connectivity index (χ2v) is 4.73. The lowest BCUT2D eigenvalue weighted by Crippen LogP contribution is -2.36. The van der Waals surface area contributed by atoms with Gasteiger partial charge in [-0.05, 0) is 31.0 Å². The van der Waals surface area contributed by atoms with Gasteiger partial charge in [-0.1, -0.05) is 15.9 Å². The first kappa shape index (κ1) is 11.0. The van der Waals surface area contributed by atoms with E-state index >= 15 is 0 Å². The van der Waals surface area contributed by atoms with E-state index in [9.17, 15) is 9.50 Å². The standard InChI is InChI=1S/C11H12BrFO2/c12-8-2-3-10(13)9(6-8)11(14)4-1-5-15-7-11/h2-3,6,14H,1,4-5,7H2. The molecule has 0 bridgehead atoms. The summed E-state index contributed by atoms with van der Waals surface area (Å²) in [6.07, 6.45) is 1.29. The Labute approximate surface area is 96.2 Å². The third-order valence-electron chi connectivity index (χ3n) is 2.65. The van der Waals surface area contributed by atoms with Crippen LogP contribution in [-0.4, -0.2) is 18.3 Å². The quantitative estimate of drug-likeness (QED) is 0.853. The Morgan fingerprint density at radius 3 is 2.93 bits per heavy atom. The van der Waals surface area contributed by atoms with Crippen molar-refractivity contribution in [2.75, 3.05) is 13.2 Å². The SMILES string of the molecule is OC1(c2cc(Br)ccc2F)CCCOC1. The van der Waals surface area contributed by atoms with Gasteiger partial charge in [0.15, 0.2) is 0 Å². The summed E-state index contributed by atoms with van der Waals surface area (Å²) in [4.78, 5) is 0. The third-order valence-corrected chi connectivity index (χ3v) is 3.14. The summed E-state index contributed by atoms with van der Waals surface area (Å²) < 4.78 is 19.5. The Balaban J connectivity index is 2.38. The number of benzene rings is 1. The molecule has 0 aliphatic carbocycles. The minimum atomic E-state index is -1.17. The molecule has 4 heteroatoms. The summed E-state index contributed by atoms with van der Waals surface area (Å²) in [5, 5.41) is 10.3. The van der Waals surface area contributed by atoms with Gasteiger partial charge in [0, 0.05) is 16.6 Å². The van der Waals surface area contributed by atoms with Crippen LogP contribution in [0.2, 0.25) is 0 Å². The van der Waals surface area contributed by atoms with E-state index in [0.29, 0.717) is 18.6 Å². The predicted octanol–water partition coefficient (Wildman–Crippen LogP) is 2.59. The van der Waals surface area contributed by atoms with Crippen LogP contribution in [0.15, 0.2) is 22.7 Å². The number of rotatable bonds is 1. The van der Waals surface area contributed by atoms with Crippen molar-refractivity contribution in [3.63, 3.8) is 0 Å². The fourth-order valence-corrected chi connectivity index (χ4v) is 2.21. The highest BCUT2D eigenvalue weighted by molar-refractivity contribution is 9.10. The highest BCUT2D eigenvalue weighted by Crippen LogP contribution is 2.33. The normalized spacial score (nSPS) is 26.6. The van der Waals surface area contributed by atoms with Gasteiger partial charge in [0.05, 0.1) is 6.61 Å². The van der Waals surface area contributed by atoms with Crippen LogP contribution >= 0.6 is 15.9 Å². The van der Waals surface area contributed by atoms with E-state index in [2.05, 4.69) is 15.9 Å². The van der Waals surface area contributed by atoms with E-state index in [-0.39, 0.29) is 12.4 Å². The zero-order valence-corrected chi connectivity index (χ0v) is 9.76. The van der Waals surface area contributed by atoms with Crippen LogP contribution in [0.25, 0.3) is 0 Å². The molecule has 0 radical (unpaired) electrons. The second-order valence-electron chi connectivity index (χ2n) is 3.81. The Bertz CT molecular complexity index is 362. The average Bonchev–Trinajstić information content (AvgIpc) is 2.23. The van der Waals surface area contributed by atoms with Crippen LogP contribution in [0.5, 0.6) is 0 Å². The van der Waals surface area contributed by atoms with Gasteiger partial charge in [0.2, 0.25) is 0 Å². The lowest BCUT2D eigenvalue weighted by molar-refractivity contribution is -0.0921. The van der Waals surface area contributed by atoms with Gasteiger partial charge < -0.3 is 9.84 Å². The maximum Gasteiger partial charge on any atom is 0.129 e. The van der Waals surface area contributed by atoms with Crippen LogP contribution in [-0.2, 0) is 10.3 Å². The number of ether oxygens (including phenoxy) is 1. The van der Waals surface area contributed by atoms with Gasteiger partial charge in [-0.2, -0.15) is 0 Å². The first-order chi connectivity index (χ1) is 7.12. The molecular weight excluding hydrogens is 263 g/mol. The molecule has 1 aliphatic heterocycles. The lowest BCUT2D eigenvalue weighted by atomic mass is 9.88. The largest absolute Gasteiger partial charge is 0.383 e. The molecule has 82 valence electrons. The van der Waals surface area contributed by atoms with E-state index in [0.717, 1.165) is 10.9 Å². The predicted molar refractivity (Wildman–Crippen MR) is 58.0 cm³/mol. The van der Waals surface area contributed by atoms with E-state index in [1.54, 1.807) is 12.1 Å². The molecule has 1 N–H and O–H groups in total. The summed E-state index contributed by atoms with van der Waals surface area (Å²) in [5.74, 6) is -0.383. The highest BCUT2D eigenvalue weighted by Gasteiger charge is 2.34. The average molecular weight is 275 g/mol. The fraction of sp³-hybridized carbons (Fsp3) is 0.455. The van der Waals surface area contributed by atoms with Gasteiger partial charge in [-0.15, -0.1) is 0 Å². The molecule has 2 rings (SSSR count). The molecule has 0 saturated carbocycles. The number of aliphatic hydroxyl groups is 1. The van der Waals surface area contributed by atoms with Crippen LogP contribution in [0.1, 0.15) is 18.4 Å². The molecule has 2 nitrogen and oxygen atoms in total. The molecule has 1 aromatic carbocycles. The van der Waals surface area contributed by atoms with Gasteiger partial charge in [-0.3, -0.25) is 0 Å². The summed E-state index contributed by atoms with van der Waals surface area (Å²) in [5.41, 5.74) is -0.858. The van der Waals surface area contributed by atoms with E-state index in [1.165, 1.54) is 6.07 Å². The van der Waals surface area contributed by atoms with E-state index < -0.39 is 5.60 Å². The summed E-state index contributed by atoms with van der Waals surface area (Å²) in [7, 11) is 0. The molecule has 1 unspecified atom stereocenters. The van der Waals surface area contributed by atoms with Gasteiger partial charge >= 0.3 is 0 Å². The van der Waals surface area contributed by atoms with Crippen molar-refractivity contribution in [1.82, 2.24) is 0 Å². The zero-order chi connectivity index (χ0) is 10.9. The van der Waals surface area contributed by atoms with E-state index in [1.807, 2.05) is 0 Å². The highest BCUT2D eigenvalue weighted by atomic mass is 79.9. The van der Waals surface area contributed by atoms with Crippen molar-refractivity contribution < 1.29 is 14.2 Å². The van der Waals surface area contributed by atoms with Crippen LogP contribution in [0.3, 0.4) is 0 Å². The first-order valence-corrected chi connectivity index (χ1v) is 5.67. The maximum atomic E-state index is 13.6. The molecule has 15 heavy (non-hydrogen) atoms. The molecule has 1 aromatic rings. The summed E-state index contributed by atoms with van der Waals surface area (Å²) in [6, 6.07) is 4.59. The Kier molecular flexibility index (Phi) is 3.09. The number of hydrogen-bond donors (Lipinski definition) is 1. The minimum absolute atomic E-state index is 0.167. The Morgan fingerprint density at radius 2 is 2.27 bits per heavy atom. The summed E-state index contributed by atoms with van der Waals surface area (Å²) in [6.45, 7) is 0.804. The monoisotopic (exact) mass is 274 g/mol. The first-order valence-electron chi connectivity index (χ1n) is 4.87. The van der Waals surface area contributed by atoms with E-state index in [4.69, 9.17) is 4.74 Å². The molecule has 0 spiro atoms. The van der Waals surface area contributed by atoms with Gasteiger partial charge in [0.25, 0.3) is 0 Å². The number of halogens is 2. The fourth-order valence-electron chi connectivity index (χ4n) is 1.85. The van der Waals surface area contributed by atoms with Crippen molar-refractivity contribution in [1.29, 1.82) is 0 Å². The molecule has 0 aromatic heterocycles. The maximum absolute atomic E-state index is 13.6. The Morgan fingerprint density at radius 1 is 1.47 bits per heavy atom. The van der Waals surface area contributed by atoms with Gasteiger partial charge in [0.1, 0.15) is 11.4 Å². The second kappa shape index (κ2) is 4.20. The van der Waals surface area contributed by atoms with Crippen molar-refractivity contribution in [2.24, 2.45) is 0 Å². The smallest absolute Gasteiger partial charge is 0.129 e. The minimum Gasteiger partial charge on any atom is -0.383 e. The van der Waals surface area contributed by atoms with Crippen molar-refractivity contribution in [3.05, 3.63) is 34.1 Å². The van der Waals surface area contributed by atoms with Crippen molar-refractivity contribution in [2.45, 2.75) is 18.4 Å². The van der Waals surface area contributed by atoms with Crippen molar-refractivity contribution in [3.8, 4) is 0 Å². The molecule has 1 saturated heterocycles. The molecule has 1 aliphatic rings. The van der Waals surface area contributed by atoms with Gasteiger partial charge in [-0.25, -0.2) is 4.39 Å². The van der Waals surface area contributed by atoms with Crippen LogP contribution in [0.4, 0.5) is 4.39 Å². The van der Waals surface area contributed by atoms with Crippen LogP contribution in [0, 0.1) is 5.82 Å². The zero-order valence-electron chi connectivity index (χ0n) is 8.17. The lowest BCUT2D eigenvalue weighted by Gasteiger charge is -2.32. The Hall–Kier alpha value is -0.450. The van der Waals surface area contributed by atoms with Crippen molar-refractivity contribution >= 4 is 15.9 Å². The summed E-state index contributed by atoms with van der Waals surface area (Å²) >= 11 is 3.27. The molecular formula is C11H12BrFO2. The third kappa shape index (κ3) is 2.22. The molecule has 1 heterocycles. The molecule has 1 atom stereocenters. The number of hydrogen-bond acceptors (Lipinski definition) is 2.